The van der Waals surface area contributed by atoms with Gasteiger partial charge in [-0.3, -0.25) is 9.59 Å². The lowest BCUT2D eigenvalue weighted by Crippen LogP contribution is -2.25. The van der Waals surface area contributed by atoms with E-state index >= 15 is 0 Å². The van der Waals surface area contributed by atoms with Crippen LogP contribution in [0.15, 0.2) is 59.2 Å². The van der Waals surface area contributed by atoms with Gasteiger partial charge in [-0.25, -0.2) is 4.98 Å². The summed E-state index contributed by atoms with van der Waals surface area (Å²) in [7, 11) is 0. The third-order valence-electron chi connectivity index (χ3n) is 3.86. The molecule has 2 N–H and O–H groups in total. The zero-order valence-corrected chi connectivity index (χ0v) is 14.6. The Hall–Kier alpha value is -3.41. The van der Waals surface area contributed by atoms with E-state index in [9.17, 15) is 9.59 Å². The number of nitrogens with zero attached hydrogens (tertiary/aromatic N) is 1. The number of furan rings is 1. The highest BCUT2D eigenvalue weighted by atomic mass is 16.3. The Bertz CT molecular complexity index is 933. The first-order chi connectivity index (χ1) is 12.5. The van der Waals surface area contributed by atoms with E-state index in [4.69, 9.17) is 4.42 Å². The predicted molar refractivity (Wildman–Crippen MR) is 98.0 cm³/mol. The van der Waals surface area contributed by atoms with Crippen molar-refractivity contribution in [2.45, 2.75) is 20.4 Å². The largest absolute Gasteiger partial charge is 0.467 e. The lowest BCUT2D eigenvalue weighted by Gasteiger charge is -2.10. The van der Waals surface area contributed by atoms with Crippen LogP contribution >= 0.6 is 0 Å². The molecule has 2 heterocycles. The Kier molecular flexibility index (Phi) is 5.12. The fourth-order valence-electron chi connectivity index (χ4n) is 2.42. The molecular formula is C20H19N3O3. The average Bonchev–Trinajstić information content (AvgIpc) is 3.16. The highest BCUT2D eigenvalue weighted by Crippen LogP contribution is 2.17. The molecular weight excluding hydrogens is 330 g/mol. The molecule has 0 spiro atoms. The summed E-state index contributed by atoms with van der Waals surface area (Å²) in [5.41, 5.74) is 3.08. The molecule has 26 heavy (non-hydrogen) atoms. The van der Waals surface area contributed by atoms with Gasteiger partial charge in [-0.1, -0.05) is 18.2 Å². The van der Waals surface area contributed by atoms with Gasteiger partial charge in [0.2, 0.25) is 0 Å². The number of nitrogens with one attached hydrogen (secondary N) is 2. The van der Waals surface area contributed by atoms with Crippen molar-refractivity contribution in [2.24, 2.45) is 0 Å². The molecule has 1 aromatic carbocycles. The molecule has 6 nitrogen and oxygen atoms in total. The molecule has 0 aliphatic carbocycles. The average molecular weight is 349 g/mol. The maximum absolute atomic E-state index is 12.5. The zero-order valence-electron chi connectivity index (χ0n) is 14.6. The Labute approximate surface area is 151 Å². The number of pyridine rings is 1. The molecule has 0 bridgehead atoms. The summed E-state index contributed by atoms with van der Waals surface area (Å²) >= 11 is 0. The van der Waals surface area contributed by atoms with Crippen LogP contribution in [0.1, 0.15) is 37.9 Å². The molecule has 0 aliphatic rings. The van der Waals surface area contributed by atoms with Crippen molar-refractivity contribution in [3.05, 3.63) is 83.1 Å². The summed E-state index contributed by atoms with van der Waals surface area (Å²) in [6.45, 7) is 4.13. The molecule has 3 rings (SSSR count). The highest BCUT2D eigenvalue weighted by Gasteiger charge is 2.13. The molecule has 0 atom stereocenters. The maximum atomic E-state index is 12.5. The highest BCUT2D eigenvalue weighted by molar-refractivity contribution is 6.04. The summed E-state index contributed by atoms with van der Waals surface area (Å²) in [5.74, 6) is -0.0932. The minimum Gasteiger partial charge on any atom is -0.467 e. The molecule has 6 heteroatoms. The van der Waals surface area contributed by atoms with E-state index in [1.165, 1.54) is 6.26 Å². The topological polar surface area (TPSA) is 84.2 Å². The van der Waals surface area contributed by atoms with Gasteiger partial charge in [0, 0.05) is 5.69 Å². The smallest absolute Gasteiger partial charge is 0.274 e. The van der Waals surface area contributed by atoms with Gasteiger partial charge >= 0.3 is 0 Å². The molecule has 0 saturated heterocycles. The van der Waals surface area contributed by atoms with Crippen molar-refractivity contribution < 1.29 is 14.0 Å². The van der Waals surface area contributed by atoms with Crippen LogP contribution in [-0.2, 0) is 6.54 Å². The zero-order chi connectivity index (χ0) is 18.5. The molecule has 0 aliphatic heterocycles. The summed E-state index contributed by atoms with van der Waals surface area (Å²) in [4.78, 5) is 28.9. The van der Waals surface area contributed by atoms with Crippen molar-refractivity contribution in [2.75, 3.05) is 5.32 Å². The standard InChI is InChI=1S/C20H19N3O3/c1-13-8-9-14(2)18(11-13)23-20(25)17-7-3-6-16(22-17)19(24)21-12-15-5-4-10-26-15/h3-11H,12H2,1-2H3,(H,21,24)(H,23,25). The van der Waals surface area contributed by atoms with Crippen LogP contribution in [0.4, 0.5) is 5.69 Å². The van der Waals surface area contributed by atoms with Gasteiger partial charge in [-0.2, -0.15) is 0 Å². The van der Waals surface area contributed by atoms with Gasteiger partial charge in [0.15, 0.2) is 0 Å². The normalized spacial score (nSPS) is 10.4. The number of rotatable bonds is 5. The van der Waals surface area contributed by atoms with Crippen molar-refractivity contribution in [3.8, 4) is 0 Å². The number of hydrogen-bond acceptors (Lipinski definition) is 4. The fourth-order valence-corrected chi connectivity index (χ4v) is 2.42. The van der Waals surface area contributed by atoms with Crippen LogP contribution in [0.3, 0.4) is 0 Å². The molecule has 2 aromatic heterocycles. The Morgan fingerprint density at radius 2 is 1.77 bits per heavy atom. The Morgan fingerprint density at radius 3 is 2.50 bits per heavy atom. The number of aromatic nitrogens is 1. The first-order valence-corrected chi connectivity index (χ1v) is 8.19. The number of carbonyl (C=O) groups is 2. The van der Waals surface area contributed by atoms with E-state index in [1.807, 2.05) is 32.0 Å². The van der Waals surface area contributed by atoms with Crippen LogP contribution in [0.5, 0.6) is 0 Å². The quantitative estimate of drug-likeness (QED) is 0.739. The van der Waals surface area contributed by atoms with E-state index in [0.717, 1.165) is 16.8 Å². The third-order valence-corrected chi connectivity index (χ3v) is 3.86. The molecule has 2 amide bonds. The minimum absolute atomic E-state index is 0.171. The number of benzene rings is 1. The van der Waals surface area contributed by atoms with Crippen molar-refractivity contribution in [1.29, 1.82) is 0 Å². The lowest BCUT2D eigenvalue weighted by atomic mass is 10.1. The SMILES string of the molecule is Cc1ccc(C)c(NC(=O)c2cccc(C(=O)NCc3ccco3)n2)c1. The lowest BCUT2D eigenvalue weighted by molar-refractivity contribution is 0.0943. The van der Waals surface area contributed by atoms with Gasteiger partial charge in [0.05, 0.1) is 12.8 Å². The van der Waals surface area contributed by atoms with Gasteiger partial charge in [0.25, 0.3) is 11.8 Å². The summed E-state index contributed by atoms with van der Waals surface area (Å²) in [5, 5.41) is 5.55. The van der Waals surface area contributed by atoms with Gasteiger partial charge < -0.3 is 15.1 Å². The van der Waals surface area contributed by atoms with E-state index in [-0.39, 0.29) is 29.7 Å². The summed E-state index contributed by atoms with van der Waals surface area (Å²) < 4.78 is 5.17. The predicted octanol–water partition coefficient (Wildman–Crippen LogP) is 3.47. The molecule has 0 unspecified atom stereocenters. The second-order valence-corrected chi connectivity index (χ2v) is 5.94. The Morgan fingerprint density at radius 1 is 1.00 bits per heavy atom. The van der Waals surface area contributed by atoms with Gasteiger partial charge in [-0.05, 0) is 55.3 Å². The maximum Gasteiger partial charge on any atom is 0.274 e. The first-order valence-electron chi connectivity index (χ1n) is 8.19. The molecule has 0 radical (unpaired) electrons. The number of anilines is 1. The number of carbonyl (C=O) groups excluding carboxylic acids is 2. The fraction of sp³-hybridized carbons (Fsp3) is 0.150. The number of hydrogen-bond donors (Lipinski definition) is 2. The van der Waals surface area contributed by atoms with Gasteiger partial charge in [-0.15, -0.1) is 0 Å². The third kappa shape index (κ3) is 4.16. The van der Waals surface area contributed by atoms with Crippen molar-refractivity contribution in [1.82, 2.24) is 10.3 Å². The van der Waals surface area contributed by atoms with E-state index in [2.05, 4.69) is 15.6 Å². The number of amides is 2. The van der Waals surface area contributed by atoms with E-state index in [0.29, 0.717) is 5.76 Å². The molecule has 0 fully saturated rings. The van der Waals surface area contributed by atoms with Crippen LogP contribution in [0.25, 0.3) is 0 Å². The summed E-state index contributed by atoms with van der Waals surface area (Å²) in [6.07, 6.45) is 1.54. The first kappa shape index (κ1) is 17.4. The minimum atomic E-state index is -0.372. The van der Waals surface area contributed by atoms with Crippen LogP contribution < -0.4 is 10.6 Å². The molecule has 0 saturated carbocycles. The second kappa shape index (κ2) is 7.65. The van der Waals surface area contributed by atoms with Gasteiger partial charge in [0.1, 0.15) is 17.1 Å². The van der Waals surface area contributed by atoms with Crippen LogP contribution in [0.2, 0.25) is 0 Å². The monoisotopic (exact) mass is 349 g/mol. The molecule has 3 aromatic rings. The van der Waals surface area contributed by atoms with Crippen LogP contribution in [0, 0.1) is 13.8 Å². The second-order valence-electron chi connectivity index (χ2n) is 5.94. The van der Waals surface area contributed by atoms with E-state index in [1.54, 1.807) is 30.3 Å². The van der Waals surface area contributed by atoms with Crippen molar-refractivity contribution in [3.63, 3.8) is 0 Å². The number of aryl methyl sites for hydroxylation is 2. The Balaban J connectivity index is 1.70. The van der Waals surface area contributed by atoms with Crippen molar-refractivity contribution >= 4 is 17.5 Å². The molecule has 132 valence electrons. The van der Waals surface area contributed by atoms with Crippen LogP contribution in [-0.4, -0.2) is 16.8 Å². The van der Waals surface area contributed by atoms with E-state index < -0.39 is 0 Å². The summed E-state index contributed by atoms with van der Waals surface area (Å²) in [6, 6.07) is 14.1.